The topological polar surface area (TPSA) is 69.6 Å². The van der Waals surface area contributed by atoms with E-state index in [4.69, 9.17) is 0 Å². The van der Waals surface area contributed by atoms with E-state index in [1.54, 1.807) is 17.0 Å². The Morgan fingerprint density at radius 3 is 2.62 bits per heavy atom. The van der Waals surface area contributed by atoms with Crippen LogP contribution >= 0.6 is 0 Å². The van der Waals surface area contributed by atoms with Crippen LogP contribution < -0.4 is 5.32 Å². The molecule has 0 bridgehead atoms. The number of likely N-dealkylation sites (tertiary alicyclic amines) is 1. The van der Waals surface area contributed by atoms with Crippen molar-refractivity contribution < 1.29 is 14.7 Å². The van der Waals surface area contributed by atoms with Crippen molar-refractivity contribution in [3.05, 3.63) is 35.4 Å². The van der Waals surface area contributed by atoms with Crippen LogP contribution in [0.4, 0.5) is 0 Å². The fourth-order valence-corrected chi connectivity index (χ4v) is 2.62. The highest BCUT2D eigenvalue weighted by molar-refractivity contribution is 5.94. The van der Waals surface area contributed by atoms with Crippen LogP contribution in [-0.2, 0) is 11.3 Å². The van der Waals surface area contributed by atoms with Gasteiger partial charge in [-0.25, -0.2) is 0 Å². The molecule has 1 heterocycles. The lowest BCUT2D eigenvalue weighted by atomic mass is 10.0. The maximum atomic E-state index is 12.5. The van der Waals surface area contributed by atoms with Gasteiger partial charge in [-0.3, -0.25) is 9.59 Å². The highest BCUT2D eigenvalue weighted by Gasteiger charge is 2.26. The fraction of sp³-hybridized carbons (Fsp3) is 0.500. The number of rotatable bonds is 4. The molecule has 114 valence electrons. The summed E-state index contributed by atoms with van der Waals surface area (Å²) >= 11 is 0. The molecule has 0 spiro atoms. The van der Waals surface area contributed by atoms with Crippen LogP contribution in [0.25, 0.3) is 0 Å². The summed E-state index contributed by atoms with van der Waals surface area (Å²) in [4.78, 5) is 25.1. The van der Waals surface area contributed by atoms with Crippen LogP contribution in [0.5, 0.6) is 0 Å². The van der Waals surface area contributed by atoms with Crippen molar-refractivity contribution >= 4 is 11.8 Å². The van der Waals surface area contributed by atoms with E-state index in [-0.39, 0.29) is 24.5 Å². The van der Waals surface area contributed by atoms with Gasteiger partial charge in [0.05, 0.1) is 12.6 Å². The molecule has 5 heteroatoms. The Morgan fingerprint density at radius 2 is 2.00 bits per heavy atom. The predicted octanol–water partition coefficient (Wildman–Crippen LogP) is 1.31. The van der Waals surface area contributed by atoms with Gasteiger partial charge in [0.15, 0.2) is 0 Å². The van der Waals surface area contributed by atoms with Gasteiger partial charge >= 0.3 is 0 Å². The van der Waals surface area contributed by atoms with Crippen LogP contribution in [-0.4, -0.2) is 41.0 Å². The average Bonchev–Trinajstić information content (AvgIpc) is 2.52. The third-order valence-corrected chi connectivity index (χ3v) is 3.84. The highest BCUT2D eigenvalue weighted by Crippen LogP contribution is 2.19. The number of aliphatic hydroxyl groups is 1. The molecule has 1 aliphatic rings. The molecular formula is C16H22N2O3. The molecule has 2 amide bonds. The van der Waals surface area contributed by atoms with Crippen molar-refractivity contribution in [2.45, 2.75) is 38.8 Å². The van der Waals surface area contributed by atoms with Crippen LogP contribution in [0.3, 0.4) is 0 Å². The van der Waals surface area contributed by atoms with Gasteiger partial charge in [0.1, 0.15) is 0 Å². The molecule has 1 aromatic carbocycles. The summed E-state index contributed by atoms with van der Waals surface area (Å²) in [7, 11) is 0. The number of benzene rings is 1. The van der Waals surface area contributed by atoms with Crippen LogP contribution in [0.2, 0.25) is 0 Å². The number of carbonyl (C=O) groups excluding carboxylic acids is 2. The second kappa shape index (κ2) is 7.22. The first kappa shape index (κ1) is 15.5. The molecule has 1 atom stereocenters. The minimum atomic E-state index is -0.0748. The zero-order chi connectivity index (χ0) is 15.2. The smallest absolute Gasteiger partial charge is 0.254 e. The Balaban J connectivity index is 2.03. The number of nitrogens with one attached hydrogen (secondary N) is 1. The Morgan fingerprint density at radius 1 is 1.29 bits per heavy atom. The van der Waals surface area contributed by atoms with E-state index in [1.165, 1.54) is 6.92 Å². The summed E-state index contributed by atoms with van der Waals surface area (Å²) < 4.78 is 0. The summed E-state index contributed by atoms with van der Waals surface area (Å²) in [5, 5.41) is 12.1. The van der Waals surface area contributed by atoms with Gasteiger partial charge in [0, 0.05) is 25.6 Å². The van der Waals surface area contributed by atoms with E-state index in [2.05, 4.69) is 5.32 Å². The van der Waals surface area contributed by atoms with Crippen molar-refractivity contribution in [1.29, 1.82) is 0 Å². The molecule has 1 saturated heterocycles. The first-order valence-electron chi connectivity index (χ1n) is 7.37. The molecule has 1 unspecified atom stereocenters. The van der Waals surface area contributed by atoms with Gasteiger partial charge in [-0.15, -0.1) is 0 Å². The Kier molecular flexibility index (Phi) is 5.33. The molecule has 1 fully saturated rings. The van der Waals surface area contributed by atoms with Gasteiger partial charge in [-0.05, 0) is 37.0 Å². The van der Waals surface area contributed by atoms with Crippen molar-refractivity contribution in [2.75, 3.05) is 13.2 Å². The van der Waals surface area contributed by atoms with E-state index in [0.717, 1.165) is 24.8 Å². The fourth-order valence-electron chi connectivity index (χ4n) is 2.62. The predicted molar refractivity (Wildman–Crippen MR) is 79.7 cm³/mol. The molecule has 0 radical (unpaired) electrons. The molecule has 0 aromatic heterocycles. The van der Waals surface area contributed by atoms with Crippen molar-refractivity contribution in [2.24, 2.45) is 0 Å². The molecule has 0 saturated carbocycles. The first-order chi connectivity index (χ1) is 10.1. The minimum absolute atomic E-state index is 0.0202. The Hall–Kier alpha value is -1.88. The SMILES string of the molecule is CC(=O)NCc1ccc(C(=O)N2CCCCC2CO)cc1. The molecule has 5 nitrogen and oxygen atoms in total. The third-order valence-electron chi connectivity index (χ3n) is 3.84. The monoisotopic (exact) mass is 290 g/mol. The molecule has 0 aliphatic carbocycles. The lowest BCUT2D eigenvalue weighted by Crippen LogP contribution is -2.45. The second-order valence-electron chi connectivity index (χ2n) is 5.44. The van der Waals surface area contributed by atoms with E-state index in [1.807, 2.05) is 12.1 Å². The molecule has 1 aromatic rings. The van der Waals surface area contributed by atoms with Gasteiger partial charge in [-0.1, -0.05) is 12.1 Å². The zero-order valence-corrected chi connectivity index (χ0v) is 12.3. The van der Waals surface area contributed by atoms with Gasteiger partial charge in [0.25, 0.3) is 5.91 Å². The maximum Gasteiger partial charge on any atom is 0.254 e. The lowest BCUT2D eigenvalue weighted by Gasteiger charge is -2.34. The maximum absolute atomic E-state index is 12.5. The van der Waals surface area contributed by atoms with E-state index in [0.29, 0.717) is 18.7 Å². The van der Waals surface area contributed by atoms with Crippen LogP contribution in [0, 0.1) is 0 Å². The molecule has 2 rings (SSSR count). The van der Waals surface area contributed by atoms with Crippen molar-refractivity contribution in [1.82, 2.24) is 10.2 Å². The lowest BCUT2D eigenvalue weighted by molar-refractivity contribution is -0.119. The summed E-state index contributed by atoms with van der Waals surface area (Å²) in [6, 6.07) is 7.19. The zero-order valence-electron chi connectivity index (χ0n) is 12.3. The number of nitrogens with zero attached hydrogens (tertiary/aromatic N) is 1. The summed E-state index contributed by atoms with van der Waals surface area (Å²) in [5.74, 6) is -0.103. The highest BCUT2D eigenvalue weighted by atomic mass is 16.3. The summed E-state index contributed by atoms with van der Waals surface area (Å²) in [6.45, 7) is 2.67. The van der Waals surface area contributed by atoms with Crippen LogP contribution in [0.1, 0.15) is 42.1 Å². The Labute approximate surface area is 125 Å². The summed E-state index contributed by atoms with van der Waals surface area (Å²) in [5.41, 5.74) is 1.58. The minimum Gasteiger partial charge on any atom is -0.394 e. The number of amides is 2. The van der Waals surface area contributed by atoms with E-state index < -0.39 is 0 Å². The van der Waals surface area contributed by atoms with E-state index in [9.17, 15) is 14.7 Å². The van der Waals surface area contributed by atoms with Gasteiger partial charge < -0.3 is 15.3 Å². The second-order valence-corrected chi connectivity index (χ2v) is 5.44. The largest absolute Gasteiger partial charge is 0.394 e. The van der Waals surface area contributed by atoms with Crippen molar-refractivity contribution in [3.63, 3.8) is 0 Å². The molecule has 21 heavy (non-hydrogen) atoms. The quantitative estimate of drug-likeness (QED) is 0.878. The molecule has 2 N–H and O–H groups in total. The van der Waals surface area contributed by atoms with Gasteiger partial charge in [-0.2, -0.15) is 0 Å². The number of piperidine rings is 1. The average molecular weight is 290 g/mol. The third kappa shape index (κ3) is 4.04. The van der Waals surface area contributed by atoms with Gasteiger partial charge in [0.2, 0.25) is 5.91 Å². The number of hydrogen-bond donors (Lipinski definition) is 2. The number of hydrogen-bond acceptors (Lipinski definition) is 3. The standard InChI is InChI=1S/C16H22N2O3/c1-12(20)17-10-13-5-7-14(8-6-13)16(21)18-9-3-2-4-15(18)11-19/h5-8,15,19H,2-4,9-11H2,1H3,(H,17,20). The van der Waals surface area contributed by atoms with Crippen molar-refractivity contribution in [3.8, 4) is 0 Å². The Bertz CT molecular complexity index is 499. The number of aliphatic hydroxyl groups excluding tert-OH is 1. The normalized spacial score (nSPS) is 18.4. The van der Waals surface area contributed by atoms with E-state index >= 15 is 0 Å². The first-order valence-corrected chi connectivity index (χ1v) is 7.37. The number of carbonyl (C=O) groups is 2. The van der Waals surface area contributed by atoms with Crippen LogP contribution in [0.15, 0.2) is 24.3 Å². The molecular weight excluding hydrogens is 268 g/mol. The molecule has 1 aliphatic heterocycles. The summed E-state index contributed by atoms with van der Waals surface area (Å²) in [6.07, 6.45) is 2.91.